The average Bonchev–Trinajstić information content (AvgIpc) is 1.63. The summed E-state index contributed by atoms with van der Waals surface area (Å²) >= 11 is 0. The maximum absolute atomic E-state index is 12.4. The smallest absolute Gasteiger partial charge is 0.407 e. The predicted octanol–water partition coefficient (Wildman–Crippen LogP) is 8.46. The first-order chi connectivity index (χ1) is 47.1. The summed E-state index contributed by atoms with van der Waals surface area (Å²) in [4.78, 5) is 36.6. The first-order valence-electron chi connectivity index (χ1n) is 33.1. The number of benzene rings is 5. The third kappa shape index (κ3) is 30.2. The second-order valence-electron chi connectivity index (χ2n) is 22.7. The minimum absolute atomic E-state index is 0.00471. The summed E-state index contributed by atoms with van der Waals surface area (Å²) in [6.07, 6.45) is -0.954. The first-order valence-corrected chi connectivity index (χ1v) is 33.1. The number of esters is 1. The third-order valence-electron chi connectivity index (χ3n) is 14.4. The molecule has 5 aromatic carbocycles. The predicted molar refractivity (Wildman–Crippen MR) is 356 cm³/mol. The van der Waals surface area contributed by atoms with E-state index in [0.717, 1.165) is 0 Å². The van der Waals surface area contributed by atoms with Gasteiger partial charge in [-0.05, 0) is 65.3 Å². The minimum atomic E-state index is -0.548. The molecule has 0 aliphatic heterocycles. The zero-order valence-corrected chi connectivity index (χ0v) is 55.9. The molecule has 0 atom stereocenters. The highest BCUT2D eigenvalue weighted by Gasteiger charge is 2.30. The van der Waals surface area contributed by atoms with E-state index in [1.807, 2.05) is 48.5 Å². The van der Waals surface area contributed by atoms with Crippen molar-refractivity contribution >= 4 is 18.2 Å². The van der Waals surface area contributed by atoms with Crippen molar-refractivity contribution in [2.75, 3.05) is 218 Å². The zero-order valence-electron chi connectivity index (χ0n) is 55.9. The fraction of sp³-hybridized carbons (Fsp3) is 0.542. The van der Waals surface area contributed by atoms with E-state index >= 15 is 0 Å². The molecule has 24 nitrogen and oxygen atoms in total. The number of ether oxygens (including phenoxy) is 19. The van der Waals surface area contributed by atoms with Crippen LogP contribution in [0.1, 0.15) is 54.9 Å². The standard InChI is InChI=1S/C72H98N2O22/c1-72(2,3)96-69(75)55-90-43-42-86-35-34-82-32-33-85-38-41-89-46-49-93-58-51-56(91-47-44-87-39-36-83-30-28-80-26-24-78-22-20-73-70(76)94-53-67-63-16-8-4-12-59(63)60-13-5-9-17-64(60)67)50-57(52-58)92-48-45-88-40-37-84-31-29-81-27-25-79-23-21-74-71(77)95-54-68-65-18-10-6-14-61(65)62-15-7-11-19-66(62)68/h4-19,50-52,67-68H,20-49,53-55H2,1-3H3,(H,73,76)(H,74,77). The zero-order chi connectivity index (χ0) is 67.4. The summed E-state index contributed by atoms with van der Waals surface area (Å²) in [5.74, 6) is 1.21. The van der Waals surface area contributed by atoms with Gasteiger partial charge < -0.3 is 101 Å². The summed E-state index contributed by atoms with van der Waals surface area (Å²) in [5.41, 5.74) is 8.85. The van der Waals surface area contributed by atoms with E-state index in [2.05, 4.69) is 59.2 Å². The number of fused-ring (bicyclic) bond motifs is 6. The third-order valence-corrected chi connectivity index (χ3v) is 14.4. The van der Waals surface area contributed by atoms with Crippen LogP contribution >= 0.6 is 0 Å². The van der Waals surface area contributed by atoms with Gasteiger partial charge in [0.1, 0.15) is 62.5 Å². The Balaban J connectivity index is 0.668. The lowest BCUT2D eigenvalue weighted by Crippen LogP contribution is -2.29. The van der Waals surface area contributed by atoms with Crippen LogP contribution < -0.4 is 24.8 Å². The Morgan fingerprint density at radius 2 is 0.562 bits per heavy atom. The van der Waals surface area contributed by atoms with Crippen molar-refractivity contribution in [3.8, 4) is 39.5 Å². The molecule has 0 heterocycles. The first kappa shape index (κ1) is 76.4. The quantitative estimate of drug-likeness (QED) is 0.0210. The lowest BCUT2D eigenvalue weighted by molar-refractivity contribution is -0.160. The highest BCUT2D eigenvalue weighted by Crippen LogP contribution is 2.46. The van der Waals surface area contributed by atoms with Crippen LogP contribution in [0, 0.1) is 0 Å². The Morgan fingerprint density at radius 1 is 0.323 bits per heavy atom. The van der Waals surface area contributed by atoms with Crippen molar-refractivity contribution in [2.24, 2.45) is 0 Å². The summed E-state index contributed by atoms with van der Waals surface area (Å²) in [7, 11) is 0. The van der Waals surface area contributed by atoms with Crippen LogP contribution in [-0.4, -0.2) is 242 Å². The molecule has 2 amide bonds. The molecule has 0 radical (unpaired) electrons. The van der Waals surface area contributed by atoms with E-state index in [4.69, 9.17) is 90.0 Å². The highest BCUT2D eigenvalue weighted by atomic mass is 16.6. The molecule has 5 aromatic rings. The number of carbonyl (C=O) groups excluding carboxylic acids is 3. The molecule has 7 rings (SSSR count). The van der Waals surface area contributed by atoms with Gasteiger partial charge in [0.25, 0.3) is 0 Å². The fourth-order valence-corrected chi connectivity index (χ4v) is 10.1. The van der Waals surface area contributed by atoms with E-state index in [0.29, 0.717) is 189 Å². The summed E-state index contributed by atoms with van der Waals surface area (Å²) in [6.45, 7) is 16.6. The topological polar surface area (TPSA) is 251 Å². The lowest BCUT2D eigenvalue weighted by atomic mass is 9.98. The van der Waals surface area contributed by atoms with Gasteiger partial charge in [-0.3, -0.25) is 0 Å². The molecule has 2 aliphatic carbocycles. The molecule has 0 fully saturated rings. The van der Waals surface area contributed by atoms with E-state index < -0.39 is 23.8 Å². The Labute approximate surface area is 564 Å². The van der Waals surface area contributed by atoms with Gasteiger partial charge in [0.2, 0.25) is 0 Å². The van der Waals surface area contributed by atoms with E-state index in [1.54, 1.807) is 39.0 Å². The molecule has 24 heteroatoms. The van der Waals surface area contributed by atoms with Crippen molar-refractivity contribution in [3.63, 3.8) is 0 Å². The van der Waals surface area contributed by atoms with Crippen LogP contribution in [0.4, 0.5) is 9.59 Å². The number of rotatable bonds is 54. The Morgan fingerprint density at radius 3 is 0.833 bits per heavy atom. The Kier molecular flexibility index (Phi) is 36.8. The highest BCUT2D eigenvalue weighted by molar-refractivity contribution is 5.80. The van der Waals surface area contributed by atoms with Crippen molar-refractivity contribution < 1.29 is 104 Å². The number of nitrogens with one attached hydrogen (secondary N) is 2. The second kappa shape index (κ2) is 46.2. The normalized spacial score (nSPS) is 12.4. The molecule has 528 valence electrons. The second-order valence-corrected chi connectivity index (χ2v) is 22.7. The molecule has 2 aliphatic rings. The monoisotopic (exact) mass is 1340 g/mol. The molecule has 96 heavy (non-hydrogen) atoms. The van der Waals surface area contributed by atoms with Gasteiger partial charge in [-0.1, -0.05) is 97.1 Å². The van der Waals surface area contributed by atoms with Gasteiger partial charge in [0.15, 0.2) is 0 Å². The van der Waals surface area contributed by atoms with Gasteiger partial charge >= 0.3 is 18.2 Å². The van der Waals surface area contributed by atoms with Gasteiger partial charge in [0.05, 0.1) is 165 Å². The number of amides is 2. The van der Waals surface area contributed by atoms with Crippen LogP contribution in [0.5, 0.6) is 17.2 Å². The lowest BCUT2D eigenvalue weighted by Gasteiger charge is -2.19. The Bertz CT molecular complexity index is 2710. The Hall–Kier alpha value is -7.01. The molecule has 0 aromatic heterocycles. The van der Waals surface area contributed by atoms with Crippen LogP contribution in [0.3, 0.4) is 0 Å². The minimum Gasteiger partial charge on any atom is -0.491 e. The largest absolute Gasteiger partial charge is 0.491 e. The average molecular weight is 1340 g/mol. The van der Waals surface area contributed by atoms with E-state index in [1.165, 1.54) is 44.5 Å². The van der Waals surface area contributed by atoms with Gasteiger partial charge in [-0.15, -0.1) is 0 Å². The van der Waals surface area contributed by atoms with Gasteiger partial charge in [-0.25, -0.2) is 14.4 Å². The maximum Gasteiger partial charge on any atom is 0.407 e. The van der Waals surface area contributed by atoms with Crippen molar-refractivity contribution in [1.29, 1.82) is 0 Å². The van der Waals surface area contributed by atoms with Crippen LogP contribution in [0.25, 0.3) is 22.3 Å². The molecular weight excluding hydrogens is 1240 g/mol. The molecule has 0 saturated carbocycles. The van der Waals surface area contributed by atoms with Gasteiger partial charge in [-0.2, -0.15) is 0 Å². The summed E-state index contributed by atoms with van der Waals surface area (Å²) in [6, 6.07) is 38.3. The van der Waals surface area contributed by atoms with Crippen molar-refractivity contribution in [2.45, 2.75) is 38.2 Å². The number of carbonyl (C=O) groups is 3. The number of hydrogen-bond acceptors (Lipinski definition) is 22. The van der Waals surface area contributed by atoms with Crippen molar-refractivity contribution in [3.05, 3.63) is 138 Å². The van der Waals surface area contributed by atoms with Crippen LogP contribution in [0.2, 0.25) is 0 Å². The van der Waals surface area contributed by atoms with Crippen molar-refractivity contribution in [1.82, 2.24) is 10.6 Å². The SMILES string of the molecule is CC(C)(C)OC(=O)COCCOCCOCCOCCOCCOc1cc(OCCOCCOCCOCCOCCNC(=O)OCC2c3ccccc3-c3ccccc32)cc(OCCOCCOCCOCCOCCNC(=O)OCC2c3ccccc3-c3ccccc32)c1. The molecule has 0 bridgehead atoms. The van der Waals surface area contributed by atoms with Gasteiger partial charge in [0, 0.05) is 43.1 Å². The number of alkyl carbamates (subject to hydrolysis) is 2. The van der Waals surface area contributed by atoms with Crippen LogP contribution in [0.15, 0.2) is 115 Å². The fourth-order valence-electron chi connectivity index (χ4n) is 10.1. The molecule has 2 N–H and O–H groups in total. The summed E-state index contributed by atoms with van der Waals surface area (Å²) < 4.78 is 107. The number of hydrogen-bond donors (Lipinski definition) is 2. The van der Waals surface area contributed by atoms with E-state index in [9.17, 15) is 14.4 Å². The molecule has 0 unspecified atom stereocenters. The molecule has 0 spiro atoms. The van der Waals surface area contributed by atoms with E-state index in [-0.39, 0.29) is 58.1 Å². The summed E-state index contributed by atoms with van der Waals surface area (Å²) in [5, 5.41) is 5.51. The van der Waals surface area contributed by atoms with Crippen LogP contribution in [-0.2, 0) is 80.6 Å². The molecule has 0 saturated heterocycles. The maximum atomic E-state index is 12.4. The molecular formula is C72H98N2O22.